The summed E-state index contributed by atoms with van der Waals surface area (Å²) in [6.45, 7) is 13.0. The summed E-state index contributed by atoms with van der Waals surface area (Å²) in [6, 6.07) is 0. The first-order chi connectivity index (χ1) is 7.28. The lowest BCUT2D eigenvalue weighted by atomic mass is 9.29. The van der Waals surface area contributed by atoms with Gasteiger partial charge in [-0.25, -0.2) is 0 Å². The Balaban J connectivity index is 1.70. The summed E-state index contributed by atoms with van der Waals surface area (Å²) in [5, 5.41) is 3.66. The van der Waals surface area contributed by atoms with Gasteiger partial charge in [0.05, 0.1) is 0 Å². The Kier molecular flexibility index (Phi) is 1.86. The highest BCUT2D eigenvalue weighted by molar-refractivity contribution is 5.33. The minimum Gasteiger partial charge on any atom is -0.310 e. The standard InChI is InChI=1S/C15H25N/c1-13(2,3)7-6-10-8-11-12(10)14(4)9-16-15(11,14)5/h6-7,10-12,16H,8-9H2,1-5H3. The largest absolute Gasteiger partial charge is 0.310 e. The predicted molar refractivity (Wildman–Crippen MR) is 68.2 cm³/mol. The van der Waals surface area contributed by atoms with Crippen LogP contribution in [0.2, 0.25) is 0 Å². The van der Waals surface area contributed by atoms with E-state index in [9.17, 15) is 0 Å². The second kappa shape index (κ2) is 2.75. The Morgan fingerprint density at radius 1 is 1.25 bits per heavy atom. The lowest BCUT2D eigenvalue weighted by Gasteiger charge is -2.81. The van der Waals surface area contributed by atoms with Crippen LogP contribution in [0.25, 0.3) is 0 Å². The van der Waals surface area contributed by atoms with Crippen molar-refractivity contribution in [2.45, 2.75) is 46.6 Å². The Bertz CT molecular complexity index is 351. The maximum atomic E-state index is 3.66. The number of fused-ring (bicyclic) bond motifs is 4. The molecule has 90 valence electrons. The highest BCUT2D eigenvalue weighted by Crippen LogP contribution is 2.73. The molecular weight excluding hydrogens is 194 g/mol. The van der Waals surface area contributed by atoms with Crippen molar-refractivity contribution in [2.75, 3.05) is 6.54 Å². The summed E-state index contributed by atoms with van der Waals surface area (Å²) in [5.74, 6) is 2.79. The molecule has 0 radical (unpaired) electrons. The lowest BCUT2D eigenvalue weighted by molar-refractivity contribution is -0.279. The van der Waals surface area contributed by atoms with Crippen molar-refractivity contribution < 1.29 is 0 Å². The first-order valence-corrected chi connectivity index (χ1v) is 6.72. The first kappa shape index (κ1) is 10.8. The SMILES string of the molecule is CC(C)(C)C=CC1CC2C1C1(C)CNC21C. The number of allylic oxidation sites excluding steroid dienone is 2. The average Bonchev–Trinajstić information content (AvgIpc) is 2.11. The Labute approximate surface area is 99.7 Å². The fourth-order valence-corrected chi connectivity index (χ4v) is 4.38. The van der Waals surface area contributed by atoms with E-state index in [-0.39, 0.29) is 0 Å². The van der Waals surface area contributed by atoms with Gasteiger partial charge in [0.25, 0.3) is 0 Å². The molecule has 5 atom stereocenters. The van der Waals surface area contributed by atoms with Crippen LogP contribution in [0.3, 0.4) is 0 Å². The molecule has 1 aliphatic heterocycles. The Morgan fingerprint density at radius 3 is 2.38 bits per heavy atom. The van der Waals surface area contributed by atoms with E-state index in [1.165, 1.54) is 13.0 Å². The van der Waals surface area contributed by atoms with Crippen LogP contribution in [0.15, 0.2) is 12.2 Å². The molecule has 1 N–H and O–H groups in total. The van der Waals surface area contributed by atoms with Crippen molar-refractivity contribution in [1.82, 2.24) is 5.32 Å². The van der Waals surface area contributed by atoms with Gasteiger partial charge in [-0.1, -0.05) is 39.8 Å². The predicted octanol–water partition coefficient (Wildman–Crippen LogP) is 3.22. The fraction of sp³-hybridized carbons (Fsp3) is 0.867. The molecule has 2 saturated carbocycles. The van der Waals surface area contributed by atoms with E-state index in [2.05, 4.69) is 52.1 Å². The topological polar surface area (TPSA) is 12.0 Å². The molecule has 5 unspecified atom stereocenters. The first-order valence-electron chi connectivity index (χ1n) is 6.72. The molecule has 3 fully saturated rings. The number of nitrogens with one attached hydrogen (secondary N) is 1. The number of hydrogen-bond acceptors (Lipinski definition) is 1. The summed E-state index contributed by atoms with van der Waals surface area (Å²) in [5.41, 5.74) is 1.43. The quantitative estimate of drug-likeness (QED) is 0.668. The van der Waals surface area contributed by atoms with Gasteiger partial charge in [-0.2, -0.15) is 0 Å². The van der Waals surface area contributed by atoms with Gasteiger partial charge in [-0.15, -0.1) is 0 Å². The van der Waals surface area contributed by atoms with Crippen molar-refractivity contribution in [3.05, 3.63) is 12.2 Å². The van der Waals surface area contributed by atoms with Crippen molar-refractivity contribution in [3.8, 4) is 0 Å². The van der Waals surface area contributed by atoms with E-state index < -0.39 is 0 Å². The zero-order valence-corrected chi connectivity index (χ0v) is 11.3. The summed E-state index contributed by atoms with van der Waals surface area (Å²) in [7, 11) is 0. The second-order valence-corrected chi connectivity index (χ2v) is 7.73. The molecule has 0 aromatic heterocycles. The summed E-state index contributed by atoms with van der Waals surface area (Å²) in [6.07, 6.45) is 6.33. The van der Waals surface area contributed by atoms with Crippen LogP contribution < -0.4 is 5.32 Å². The maximum Gasteiger partial charge on any atom is 0.0253 e. The molecule has 0 bridgehead atoms. The zero-order chi connectivity index (χ0) is 11.8. The average molecular weight is 219 g/mol. The highest BCUT2D eigenvalue weighted by atomic mass is 15.2. The third-order valence-electron chi connectivity index (χ3n) is 5.75. The molecule has 3 aliphatic rings. The number of rotatable bonds is 1. The maximum absolute atomic E-state index is 3.66. The van der Waals surface area contributed by atoms with E-state index in [0.29, 0.717) is 16.4 Å². The molecule has 0 amide bonds. The molecule has 3 rings (SSSR count). The van der Waals surface area contributed by atoms with Crippen molar-refractivity contribution in [3.63, 3.8) is 0 Å². The lowest BCUT2D eigenvalue weighted by Crippen LogP contribution is -2.89. The molecule has 0 aromatic carbocycles. The van der Waals surface area contributed by atoms with E-state index in [1.807, 2.05) is 0 Å². The Morgan fingerprint density at radius 2 is 1.94 bits per heavy atom. The van der Waals surface area contributed by atoms with Gasteiger partial charge in [-0.05, 0) is 36.5 Å². The van der Waals surface area contributed by atoms with Crippen LogP contribution in [-0.4, -0.2) is 12.1 Å². The minimum atomic E-state index is 0.344. The van der Waals surface area contributed by atoms with E-state index in [1.54, 1.807) is 0 Å². The minimum absolute atomic E-state index is 0.344. The van der Waals surface area contributed by atoms with Gasteiger partial charge in [0, 0.05) is 17.5 Å². The highest BCUT2D eigenvalue weighted by Gasteiger charge is 2.77. The molecule has 1 heteroatoms. The summed E-state index contributed by atoms with van der Waals surface area (Å²) < 4.78 is 0. The third kappa shape index (κ3) is 1.06. The third-order valence-corrected chi connectivity index (χ3v) is 5.75. The molecule has 1 heterocycles. The monoisotopic (exact) mass is 219 g/mol. The van der Waals surface area contributed by atoms with E-state index >= 15 is 0 Å². The molecular formula is C15H25N. The normalized spacial score (nSPS) is 54.7. The van der Waals surface area contributed by atoms with Crippen molar-refractivity contribution >= 4 is 0 Å². The molecule has 0 spiro atoms. The van der Waals surface area contributed by atoms with Crippen molar-refractivity contribution in [2.24, 2.45) is 28.6 Å². The van der Waals surface area contributed by atoms with Crippen LogP contribution in [0, 0.1) is 28.6 Å². The van der Waals surface area contributed by atoms with Crippen LogP contribution >= 0.6 is 0 Å². The van der Waals surface area contributed by atoms with Gasteiger partial charge in [0.15, 0.2) is 0 Å². The van der Waals surface area contributed by atoms with Gasteiger partial charge in [-0.3, -0.25) is 0 Å². The van der Waals surface area contributed by atoms with Crippen LogP contribution in [0.4, 0.5) is 0 Å². The van der Waals surface area contributed by atoms with Crippen LogP contribution in [0.5, 0.6) is 0 Å². The summed E-state index contributed by atoms with van der Waals surface area (Å²) in [4.78, 5) is 0. The molecule has 0 aromatic rings. The number of hydrogen-bond donors (Lipinski definition) is 1. The Hall–Kier alpha value is -0.300. The smallest absolute Gasteiger partial charge is 0.0253 e. The van der Waals surface area contributed by atoms with E-state index in [0.717, 1.165) is 17.8 Å². The molecule has 16 heavy (non-hydrogen) atoms. The fourth-order valence-electron chi connectivity index (χ4n) is 4.38. The van der Waals surface area contributed by atoms with Crippen molar-refractivity contribution in [1.29, 1.82) is 0 Å². The molecule has 1 saturated heterocycles. The van der Waals surface area contributed by atoms with Gasteiger partial charge in [0.2, 0.25) is 0 Å². The van der Waals surface area contributed by atoms with Gasteiger partial charge < -0.3 is 5.32 Å². The zero-order valence-electron chi connectivity index (χ0n) is 11.3. The second-order valence-electron chi connectivity index (χ2n) is 7.73. The molecule has 1 nitrogen and oxygen atoms in total. The molecule has 2 aliphatic carbocycles. The van der Waals surface area contributed by atoms with Gasteiger partial charge >= 0.3 is 0 Å². The summed E-state index contributed by atoms with van der Waals surface area (Å²) >= 11 is 0. The van der Waals surface area contributed by atoms with Gasteiger partial charge in [0.1, 0.15) is 0 Å². The van der Waals surface area contributed by atoms with Crippen LogP contribution in [0.1, 0.15) is 41.0 Å². The van der Waals surface area contributed by atoms with E-state index in [4.69, 9.17) is 0 Å². The van der Waals surface area contributed by atoms with Crippen LogP contribution in [-0.2, 0) is 0 Å². The number of piperidine rings is 1.